The minimum absolute atomic E-state index is 0.241. The van der Waals surface area contributed by atoms with Gasteiger partial charge in [0.05, 0.1) is 17.3 Å². The Morgan fingerprint density at radius 3 is 2.57 bits per heavy atom. The van der Waals surface area contributed by atoms with Crippen molar-refractivity contribution >= 4 is 35.2 Å². The van der Waals surface area contributed by atoms with Crippen LogP contribution < -0.4 is 21.7 Å². The predicted molar refractivity (Wildman–Crippen MR) is 150 cm³/mol. The van der Waals surface area contributed by atoms with Crippen LogP contribution in [-0.4, -0.2) is 60.0 Å². The lowest BCUT2D eigenvalue weighted by Crippen LogP contribution is -2.35. The third-order valence-electron chi connectivity index (χ3n) is 5.73. The van der Waals surface area contributed by atoms with E-state index in [2.05, 4.69) is 47.7 Å². The zero-order chi connectivity index (χ0) is 27.1. The molecule has 1 aromatic carbocycles. The molecule has 190 valence electrons. The van der Waals surface area contributed by atoms with Crippen molar-refractivity contribution in [1.29, 1.82) is 5.41 Å². The number of nitrogen functional groups attached to an aromatic ring is 1. The minimum Gasteiger partial charge on any atom is -0.388 e. The van der Waals surface area contributed by atoms with Crippen LogP contribution in [0.3, 0.4) is 0 Å². The maximum Gasteiger partial charge on any atom is 0.242 e. The van der Waals surface area contributed by atoms with Gasteiger partial charge in [-0.3, -0.25) is 9.79 Å². The molecular formula is C27H31N9O. The molecule has 2 aromatic heterocycles. The van der Waals surface area contributed by atoms with Gasteiger partial charge in [0, 0.05) is 48.4 Å². The van der Waals surface area contributed by atoms with Crippen LogP contribution in [0.2, 0.25) is 0 Å². The number of amides is 1. The highest BCUT2D eigenvalue weighted by Crippen LogP contribution is 2.28. The van der Waals surface area contributed by atoms with Crippen molar-refractivity contribution in [2.75, 3.05) is 37.5 Å². The highest BCUT2D eigenvalue weighted by atomic mass is 16.2. The van der Waals surface area contributed by atoms with Crippen molar-refractivity contribution in [1.82, 2.24) is 20.3 Å². The quantitative estimate of drug-likeness (QED) is 0.248. The monoisotopic (exact) mass is 497 g/mol. The number of carbonyl (C=O) groups is 1. The average molecular weight is 498 g/mol. The predicted octanol–water partition coefficient (Wildman–Crippen LogP) is 2.85. The molecule has 1 atom stereocenters. The molecule has 1 unspecified atom stereocenters. The number of nitrogens with zero attached hydrogens (tertiary/aromatic N) is 4. The van der Waals surface area contributed by atoms with Crippen molar-refractivity contribution in [3.05, 3.63) is 58.5 Å². The smallest absolute Gasteiger partial charge is 0.242 e. The van der Waals surface area contributed by atoms with E-state index in [9.17, 15) is 4.79 Å². The number of hydrogen-bond donors (Lipinski definition) is 5. The largest absolute Gasteiger partial charge is 0.388 e. The van der Waals surface area contributed by atoms with E-state index < -0.39 is 6.04 Å². The van der Waals surface area contributed by atoms with Crippen LogP contribution in [0.15, 0.2) is 35.3 Å². The Balaban J connectivity index is 2.19. The molecule has 0 saturated carbocycles. The first-order chi connectivity index (χ1) is 17.7. The van der Waals surface area contributed by atoms with Gasteiger partial charge in [0.2, 0.25) is 5.91 Å². The third kappa shape index (κ3) is 6.34. The zero-order valence-corrected chi connectivity index (χ0v) is 21.8. The number of benzene rings is 1. The van der Waals surface area contributed by atoms with Gasteiger partial charge in [-0.15, -0.1) is 0 Å². The molecule has 3 rings (SSSR count). The summed E-state index contributed by atoms with van der Waals surface area (Å²) in [5, 5.41) is 16.5. The van der Waals surface area contributed by atoms with Gasteiger partial charge in [0.15, 0.2) is 0 Å². The first-order valence-electron chi connectivity index (χ1n) is 11.6. The Bertz CT molecular complexity index is 1430. The van der Waals surface area contributed by atoms with Crippen LogP contribution in [0.5, 0.6) is 0 Å². The fraction of sp³-hybridized carbons (Fsp3) is 0.259. The molecule has 0 radical (unpaired) electrons. The lowest BCUT2D eigenvalue weighted by atomic mass is 10.0. The summed E-state index contributed by atoms with van der Waals surface area (Å²) in [6.45, 7) is 5.35. The Morgan fingerprint density at radius 1 is 1.16 bits per heavy atom. The second-order valence-corrected chi connectivity index (χ2v) is 8.26. The molecule has 10 nitrogen and oxygen atoms in total. The molecule has 3 aromatic rings. The van der Waals surface area contributed by atoms with Crippen molar-refractivity contribution in [2.24, 2.45) is 4.99 Å². The Kier molecular flexibility index (Phi) is 8.66. The number of anilines is 3. The number of carbonyl (C=O) groups excluding carboxylic acids is 1. The first-order valence-corrected chi connectivity index (χ1v) is 11.6. The average Bonchev–Trinajstić information content (AvgIpc) is 2.90. The number of pyridine rings is 1. The number of hydrogen-bond acceptors (Lipinski definition) is 9. The number of rotatable bonds is 7. The van der Waals surface area contributed by atoms with Gasteiger partial charge in [-0.2, -0.15) is 0 Å². The second kappa shape index (κ2) is 11.9. The molecule has 0 bridgehead atoms. The molecule has 0 spiro atoms. The molecule has 1 amide bonds. The van der Waals surface area contributed by atoms with Crippen LogP contribution in [0.4, 0.5) is 17.3 Å². The topological polar surface area (TPSA) is 154 Å². The molecule has 0 aliphatic carbocycles. The van der Waals surface area contributed by atoms with Crippen LogP contribution in [0.25, 0.3) is 11.3 Å². The molecule has 0 fully saturated rings. The van der Waals surface area contributed by atoms with Gasteiger partial charge in [-0.1, -0.05) is 5.92 Å². The summed E-state index contributed by atoms with van der Waals surface area (Å²) in [5.74, 6) is 7.08. The van der Waals surface area contributed by atoms with Gasteiger partial charge in [0.25, 0.3) is 0 Å². The Hall–Kier alpha value is -4.62. The van der Waals surface area contributed by atoms with Crippen molar-refractivity contribution in [3.8, 4) is 23.1 Å². The van der Waals surface area contributed by atoms with Crippen LogP contribution in [0, 0.1) is 24.2 Å². The van der Waals surface area contributed by atoms with Crippen molar-refractivity contribution < 1.29 is 4.79 Å². The Labute approximate surface area is 216 Å². The summed E-state index contributed by atoms with van der Waals surface area (Å²) in [6, 6.07) is 8.64. The van der Waals surface area contributed by atoms with Gasteiger partial charge in [0.1, 0.15) is 23.2 Å². The molecule has 0 aliphatic rings. The standard InChI is InChI=1S/C27H31N9O/c1-15(30-4)24-25(33-17(3)34-26(24)29)19-12-21(35-23(13-19)36-27(37)16(2)31-5)9-7-18-8-10-22(32-6)20(11-18)14-28/h8,10-14,16,28,31-32H,1-6H3,(H2,29,33,34)(H,35,36,37). The summed E-state index contributed by atoms with van der Waals surface area (Å²) in [5.41, 5.74) is 11.5. The second-order valence-electron chi connectivity index (χ2n) is 8.26. The fourth-order valence-corrected chi connectivity index (χ4v) is 3.56. The maximum absolute atomic E-state index is 12.6. The van der Waals surface area contributed by atoms with E-state index in [-0.39, 0.29) is 5.91 Å². The lowest BCUT2D eigenvalue weighted by molar-refractivity contribution is -0.117. The van der Waals surface area contributed by atoms with Crippen molar-refractivity contribution in [3.63, 3.8) is 0 Å². The van der Waals surface area contributed by atoms with Crippen molar-refractivity contribution in [2.45, 2.75) is 26.8 Å². The van der Waals surface area contributed by atoms with Gasteiger partial charge < -0.3 is 27.1 Å². The van der Waals surface area contributed by atoms with Gasteiger partial charge >= 0.3 is 0 Å². The Morgan fingerprint density at radius 2 is 1.92 bits per heavy atom. The molecule has 6 N–H and O–H groups in total. The highest BCUT2D eigenvalue weighted by Gasteiger charge is 2.18. The fourth-order valence-electron chi connectivity index (χ4n) is 3.56. The van der Waals surface area contributed by atoms with Gasteiger partial charge in [-0.25, -0.2) is 15.0 Å². The SMILES string of the molecule is CN=C(C)c1c(N)nc(C)nc1-c1cc(C#Cc2ccc(NC)c(C=N)c2)nc(NC(=O)C(C)NC)c1. The number of likely N-dealkylation sites (N-methyl/N-ethyl adjacent to an activating group) is 1. The number of aliphatic imine (C=N–C) groups is 1. The normalized spacial score (nSPS) is 11.8. The molecule has 10 heteroatoms. The van der Waals surface area contributed by atoms with Crippen LogP contribution in [-0.2, 0) is 4.79 Å². The van der Waals surface area contributed by atoms with E-state index in [0.717, 1.165) is 16.8 Å². The number of nitrogens with two attached hydrogens (primary N) is 1. The summed E-state index contributed by atoms with van der Waals surface area (Å²) in [7, 11) is 5.18. The summed E-state index contributed by atoms with van der Waals surface area (Å²) < 4.78 is 0. The van der Waals surface area contributed by atoms with E-state index in [1.54, 1.807) is 47.1 Å². The maximum atomic E-state index is 12.6. The number of nitrogens with one attached hydrogen (secondary N) is 4. The first kappa shape index (κ1) is 27.0. The lowest BCUT2D eigenvalue weighted by Gasteiger charge is -2.14. The van der Waals surface area contributed by atoms with E-state index in [4.69, 9.17) is 11.1 Å². The highest BCUT2D eigenvalue weighted by molar-refractivity contribution is 6.07. The molecule has 0 aliphatic heterocycles. The van der Waals surface area contributed by atoms with Crippen LogP contribution >= 0.6 is 0 Å². The minimum atomic E-state index is -0.424. The molecule has 0 saturated heterocycles. The molecule has 37 heavy (non-hydrogen) atoms. The number of aromatic nitrogens is 3. The summed E-state index contributed by atoms with van der Waals surface area (Å²) in [6.07, 6.45) is 1.27. The molecule has 2 heterocycles. The molecular weight excluding hydrogens is 466 g/mol. The van der Waals surface area contributed by atoms with E-state index in [0.29, 0.717) is 45.7 Å². The van der Waals surface area contributed by atoms with Gasteiger partial charge in [-0.05, 0) is 64.1 Å². The van der Waals surface area contributed by atoms with E-state index in [1.807, 2.05) is 25.1 Å². The number of aryl methyl sites for hydroxylation is 1. The van der Waals surface area contributed by atoms with Crippen LogP contribution in [0.1, 0.15) is 42.1 Å². The summed E-state index contributed by atoms with van der Waals surface area (Å²) >= 11 is 0. The third-order valence-corrected chi connectivity index (χ3v) is 5.73. The van der Waals surface area contributed by atoms with E-state index >= 15 is 0 Å². The summed E-state index contributed by atoms with van der Waals surface area (Å²) in [4.78, 5) is 30.4. The zero-order valence-electron chi connectivity index (χ0n) is 21.8. The van der Waals surface area contributed by atoms with E-state index in [1.165, 1.54) is 6.21 Å².